The molecule has 0 aromatic rings. The first-order valence-corrected chi connectivity index (χ1v) is 13.4. The number of carbonyl (C=O) groups excluding carboxylic acids is 1. The predicted octanol–water partition coefficient (Wildman–Crippen LogP) is 4.93. The SMILES string of the molecule is CCCCCCCCC/C=C/C[N+](C(CCC)C(=O)[O-])(C(CCC)C(=O)O)C(CCC)C(=O)O. The van der Waals surface area contributed by atoms with E-state index in [1.54, 1.807) is 0 Å². The van der Waals surface area contributed by atoms with Crippen LogP contribution in [-0.4, -0.2) is 57.3 Å². The molecule has 0 radical (unpaired) electrons. The van der Waals surface area contributed by atoms with Crippen molar-refractivity contribution < 1.29 is 34.2 Å². The summed E-state index contributed by atoms with van der Waals surface area (Å²) < 4.78 is -0.518. The van der Waals surface area contributed by atoms with E-state index < -0.39 is 40.5 Å². The highest BCUT2D eigenvalue weighted by Gasteiger charge is 2.54. The summed E-state index contributed by atoms with van der Waals surface area (Å²) in [7, 11) is 0. The second-order valence-corrected chi connectivity index (χ2v) is 9.47. The van der Waals surface area contributed by atoms with E-state index >= 15 is 0 Å². The number of carboxylic acids is 3. The van der Waals surface area contributed by atoms with Gasteiger partial charge in [0.2, 0.25) is 0 Å². The first kappa shape index (κ1) is 32.1. The monoisotopic (exact) mass is 483 g/mol. The Morgan fingerprint density at radius 1 is 0.676 bits per heavy atom. The van der Waals surface area contributed by atoms with Crippen molar-refractivity contribution in [3.8, 4) is 0 Å². The van der Waals surface area contributed by atoms with Crippen LogP contribution < -0.4 is 5.11 Å². The zero-order chi connectivity index (χ0) is 26.0. The maximum Gasteiger partial charge on any atom is 0.362 e. The second kappa shape index (κ2) is 18.4. The third-order valence-corrected chi connectivity index (χ3v) is 6.83. The van der Waals surface area contributed by atoms with Gasteiger partial charge in [-0.25, -0.2) is 9.59 Å². The van der Waals surface area contributed by atoms with Gasteiger partial charge in [0.05, 0.1) is 12.5 Å². The van der Waals surface area contributed by atoms with Crippen molar-refractivity contribution in [2.24, 2.45) is 0 Å². The molecule has 0 aliphatic heterocycles. The van der Waals surface area contributed by atoms with Gasteiger partial charge in [-0.1, -0.05) is 78.7 Å². The van der Waals surface area contributed by atoms with Crippen LogP contribution in [0.15, 0.2) is 12.2 Å². The van der Waals surface area contributed by atoms with Crippen molar-refractivity contribution in [1.29, 1.82) is 0 Å². The van der Waals surface area contributed by atoms with Gasteiger partial charge in [0.25, 0.3) is 0 Å². The van der Waals surface area contributed by atoms with E-state index in [4.69, 9.17) is 0 Å². The molecule has 0 bridgehead atoms. The average molecular weight is 484 g/mol. The molecule has 0 fully saturated rings. The summed E-state index contributed by atoms with van der Waals surface area (Å²) in [4.78, 5) is 37.2. The molecule has 0 saturated heterocycles. The first-order valence-electron chi connectivity index (χ1n) is 13.4. The first-order chi connectivity index (χ1) is 16.2. The summed E-state index contributed by atoms with van der Waals surface area (Å²) in [6.07, 6.45) is 15.0. The van der Waals surface area contributed by atoms with Crippen LogP contribution in [0.1, 0.15) is 118 Å². The molecule has 2 N–H and O–H groups in total. The zero-order valence-electron chi connectivity index (χ0n) is 22.0. The number of carboxylic acid groups (broad SMARTS) is 3. The summed E-state index contributed by atoms with van der Waals surface area (Å²) in [5.74, 6) is -3.66. The van der Waals surface area contributed by atoms with Crippen LogP contribution in [0.2, 0.25) is 0 Å². The van der Waals surface area contributed by atoms with Crippen molar-refractivity contribution in [2.75, 3.05) is 6.54 Å². The summed E-state index contributed by atoms with van der Waals surface area (Å²) in [6.45, 7) is 7.75. The maximum atomic E-state index is 12.4. The largest absolute Gasteiger partial charge is 0.544 e. The van der Waals surface area contributed by atoms with E-state index in [1.165, 1.54) is 32.1 Å². The summed E-state index contributed by atoms with van der Waals surface area (Å²) in [5, 5.41) is 32.7. The van der Waals surface area contributed by atoms with E-state index in [2.05, 4.69) is 6.92 Å². The molecule has 0 aliphatic carbocycles. The molecule has 0 aromatic heterocycles. The van der Waals surface area contributed by atoms with Gasteiger partial charge in [-0.15, -0.1) is 0 Å². The van der Waals surface area contributed by atoms with Crippen LogP contribution in [0.25, 0.3) is 0 Å². The quantitative estimate of drug-likeness (QED) is 0.128. The molecule has 0 saturated carbocycles. The lowest BCUT2D eigenvalue weighted by molar-refractivity contribution is -0.970. The second-order valence-electron chi connectivity index (χ2n) is 9.47. The lowest BCUT2D eigenvalue weighted by Crippen LogP contribution is -2.73. The van der Waals surface area contributed by atoms with Gasteiger partial charge in [-0.2, -0.15) is 0 Å². The molecule has 0 spiro atoms. The highest BCUT2D eigenvalue weighted by atomic mass is 16.4. The van der Waals surface area contributed by atoms with E-state index in [1.807, 2.05) is 32.9 Å². The molecule has 3 unspecified atom stereocenters. The van der Waals surface area contributed by atoms with Crippen molar-refractivity contribution in [3.05, 3.63) is 12.2 Å². The summed E-state index contributed by atoms with van der Waals surface area (Å²) in [6, 6.07) is -3.46. The number of quaternary nitrogens is 1. The Morgan fingerprint density at radius 3 is 1.53 bits per heavy atom. The molecular weight excluding hydrogens is 434 g/mol. The minimum Gasteiger partial charge on any atom is -0.544 e. The molecule has 198 valence electrons. The van der Waals surface area contributed by atoms with Crippen molar-refractivity contribution >= 4 is 17.9 Å². The normalized spacial score (nSPS) is 16.1. The Bertz CT molecular complexity index is 558. The zero-order valence-corrected chi connectivity index (χ0v) is 22.0. The Labute approximate surface area is 206 Å². The van der Waals surface area contributed by atoms with Crippen molar-refractivity contribution in [2.45, 2.75) is 136 Å². The standard InChI is InChI=1S/C27H49NO6/c1-5-9-10-11-12-13-14-15-16-17-21-28(22(18-6-2)25(29)30,23(19-7-3)26(31)32)24(20-8-4)27(33)34/h16-17,22-24H,5-15,18-21H2,1-4H3,(H2-,29,30,31,32,33,34)/b17-16+. The molecule has 0 amide bonds. The fraction of sp³-hybridized carbons (Fsp3) is 0.815. The predicted molar refractivity (Wildman–Crippen MR) is 133 cm³/mol. The fourth-order valence-electron chi connectivity index (χ4n) is 5.14. The van der Waals surface area contributed by atoms with Gasteiger partial charge in [-0.3, -0.25) is 4.48 Å². The fourth-order valence-corrected chi connectivity index (χ4v) is 5.14. The molecule has 0 aliphatic rings. The lowest BCUT2D eigenvalue weighted by Gasteiger charge is -2.51. The maximum absolute atomic E-state index is 12.4. The van der Waals surface area contributed by atoms with Gasteiger partial charge in [-0.05, 0) is 31.8 Å². The summed E-state index contributed by atoms with van der Waals surface area (Å²) >= 11 is 0. The van der Waals surface area contributed by atoms with E-state index in [0.717, 1.165) is 19.3 Å². The van der Waals surface area contributed by atoms with Crippen LogP contribution in [0.4, 0.5) is 0 Å². The molecule has 34 heavy (non-hydrogen) atoms. The molecule has 0 aromatic carbocycles. The van der Waals surface area contributed by atoms with Crippen molar-refractivity contribution in [3.63, 3.8) is 0 Å². The van der Waals surface area contributed by atoms with Crippen LogP contribution in [0.5, 0.6) is 0 Å². The Balaban J connectivity index is 6.00. The average Bonchev–Trinajstić information content (AvgIpc) is 2.78. The third-order valence-electron chi connectivity index (χ3n) is 6.83. The number of aliphatic carboxylic acids is 3. The minimum atomic E-state index is -1.37. The van der Waals surface area contributed by atoms with Crippen LogP contribution in [-0.2, 0) is 14.4 Å². The number of hydrogen-bond donors (Lipinski definition) is 2. The van der Waals surface area contributed by atoms with E-state index in [0.29, 0.717) is 19.3 Å². The Kier molecular flexibility index (Phi) is 17.4. The topological polar surface area (TPSA) is 115 Å². The number of allylic oxidation sites excluding steroid dienone is 1. The smallest absolute Gasteiger partial charge is 0.362 e. The highest BCUT2D eigenvalue weighted by Crippen LogP contribution is 2.33. The van der Waals surface area contributed by atoms with Gasteiger partial charge in [0.15, 0.2) is 12.1 Å². The molecule has 7 nitrogen and oxygen atoms in total. The van der Waals surface area contributed by atoms with Gasteiger partial charge in [0.1, 0.15) is 6.04 Å². The number of unbranched alkanes of at least 4 members (excludes halogenated alkanes) is 7. The van der Waals surface area contributed by atoms with Gasteiger partial charge < -0.3 is 20.1 Å². The van der Waals surface area contributed by atoms with Crippen LogP contribution in [0, 0.1) is 0 Å². The Hall–Kier alpha value is -1.89. The highest BCUT2D eigenvalue weighted by molar-refractivity contribution is 5.77. The molecular formula is C27H49NO6. The van der Waals surface area contributed by atoms with Crippen LogP contribution >= 0.6 is 0 Å². The van der Waals surface area contributed by atoms with Crippen molar-refractivity contribution in [1.82, 2.24) is 0 Å². The lowest BCUT2D eigenvalue weighted by atomic mass is 9.92. The molecule has 7 heteroatoms. The summed E-state index contributed by atoms with van der Waals surface area (Å²) in [5.41, 5.74) is 0. The molecule has 0 rings (SSSR count). The van der Waals surface area contributed by atoms with Gasteiger partial charge >= 0.3 is 11.9 Å². The Morgan fingerprint density at radius 2 is 1.12 bits per heavy atom. The number of nitrogens with zero attached hydrogens (tertiary/aromatic N) is 1. The number of hydrogen-bond acceptors (Lipinski definition) is 4. The number of carbonyl (C=O) groups is 3. The minimum absolute atomic E-state index is 0.0586. The van der Waals surface area contributed by atoms with E-state index in [-0.39, 0.29) is 25.8 Å². The molecule has 3 atom stereocenters. The number of rotatable bonds is 22. The van der Waals surface area contributed by atoms with Crippen LogP contribution in [0.3, 0.4) is 0 Å². The van der Waals surface area contributed by atoms with E-state index in [9.17, 15) is 29.7 Å². The third kappa shape index (κ3) is 10.2. The van der Waals surface area contributed by atoms with Gasteiger partial charge in [0, 0.05) is 19.3 Å². The molecule has 0 heterocycles.